The van der Waals surface area contributed by atoms with Crippen LogP contribution >= 0.6 is 0 Å². The van der Waals surface area contributed by atoms with E-state index < -0.39 is 42.8 Å². The number of piperazine rings is 1. The van der Waals surface area contributed by atoms with Crippen LogP contribution in [0.2, 0.25) is 0 Å². The van der Waals surface area contributed by atoms with Crippen molar-refractivity contribution in [2.75, 3.05) is 39.8 Å². The van der Waals surface area contributed by atoms with Gasteiger partial charge in [-0.05, 0) is 31.6 Å². The summed E-state index contributed by atoms with van der Waals surface area (Å²) < 4.78 is 0. The summed E-state index contributed by atoms with van der Waals surface area (Å²) in [6, 6.07) is -1.31. The van der Waals surface area contributed by atoms with Gasteiger partial charge >= 0.3 is 11.9 Å². The standard InChI is InChI=1S/C20H32N6O7/c1-24(18(32)13-4-2-12(3-5-13)9-23-20(21)22)10-15(27)26-7-6-25(11-17(30)31)19(33)14(26)8-16(28)29/h12-14H,2-11H2,1H3,(H,28,29)(H,30,31)(H4,21,22,23)/t12?,13?,14-/m0/s1. The Morgan fingerprint density at radius 2 is 1.70 bits per heavy atom. The molecular weight excluding hydrogens is 436 g/mol. The van der Waals surface area contributed by atoms with Gasteiger partial charge in [0.15, 0.2) is 5.96 Å². The van der Waals surface area contributed by atoms with Crippen molar-refractivity contribution < 1.29 is 34.2 Å². The molecule has 13 heteroatoms. The fourth-order valence-corrected chi connectivity index (χ4v) is 4.33. The maximum Gasteiger partial charge on any atom is 0.323 e. The lowest BCUT2D eigenvalue weighted by Crippen LogP contribution is -2.61. The molecule has 33 heavy (non-hydrogen) atoms. The van der Waals surface area contributed by atoms with Crippen molar-refractivity contribution in [3.05, 3.63) is 0 Å². The summed E-state index contributed by atoms with van der Waals surface area (Å²) in [7, 11) is 1.50. The van der Waals surface area contributed by atoms with E-state index >= 15 is 0 Å². The number of nitrogens with zero attached hydrogens (tertiary/aromatic N) is 4. The number of likely N-dealkylation sites (N-methyl/N-ethyl adjacent to an activating group) is 1. The maximum atomic E-state index is 12.9. The molecule has 0 bridgehead atoms. The molecule has 0 unspecified atom stereocenters. The molecule has 0 spiro atoms. The first-order valence-electron chi connectivity index (χ1n) is 10.8. The normalized spacial score (nSPS) is 23.1. The Morgan fingerprint density at radius 3 is 2.24 bits per heavy atom. The van der Waals surface area contributed by atoms with Gasteiger partial charge in [-0.1, -0.05) is 0 Å². The molecule has 1 saturated heterocycles. The summed E-state index contributed by atoms with van der Waals surface area (Å²) in [5, 5.41) is 18.1. The summed E-state index contributed by atoms with van der Waals surface area (Å²) in [5.41, 5.74) is 10.7. The van der Waals surface area contributed by atoms with Crippen LogP contribution in [-0.4, -0.2) is 106 Å². The number of rotatable bonds is 9. The van der Waals surface area contributed by atoms with Gasteiger partial charge in [-0.3, -0.25) is 29.0 Å². The summed E-state index contributed by atoms with van der Waals surface area (Å²) in [4.78, 5) is 68.0. The molecule has 0 aromatic carbocycles. The number of carboxylic acid groups (broad SMARTS) is 2. The van der Waals surface area contributed by atoms with Gasteiger partial charge in [0.1, 0.15) is 12.6 Å². The molecule has 3 amide bonds. The molecule has 0 aromatic heterocycles. The minimum Gasteiger partial charge on any atom is -0.481 e. The van der Waals surface area contributed by atoms with Crippen LogP contribution < -0.4 is 11.5 Å². The Balaban J connectivity index is 1.96. The molecule has 0 radical (unpaired) electrons. The van der Waals surface area contributed by atoms with Crippen LogP contribution in [0.15, 0.2) is 4.99 Å². The fraction of sp³-hybridized carbons (Fsp3) is 0.700. The van der Waals surface area contributed by atoms with Gasteiger partial charge in [0, 0.05) is 32.6 Å². The molecule has 2 aliphatic rings. The van der Waals surface area contributed by atoms with E-state index in [1.165, 1.54) is 11.9 Å². The first-order valence-corrected chi connectivity index (χ1v) is 10.8. The molecule has 13 nitrogen and oxygen atoms in total. The van der Waals surface area contributed by atoms with Crippen LogP contribution in [-0.2, 0) is 24.0 Å². The number of hydrogen-bond donors (Lipinski definition) is 4. The lowest BCUT2D eigenvalue weighted by atomic mass is 9.81. The number of carbonyl (C=O) groups excluding carboxylic acids is 3. The van der Waals surface area contributed by atoms with Gasteiger partial charge in [-0.2, -0.15) is 0 Å². The molecule has 1 heterocycles. The van der Waals surface area contributed by atoms with Crippen LogP contribution in [0, 0.1) is 11.8 Å². The molecular formula is C20H32N6O7. The van der Waals surface area contributed by atoms with E-state index in [1.807, 2.05) is 0 Å². The zero-order valence-electron chi connectivity index (χ0n) is 18.7. The molecule has 0 aromatic rings. The van der Waals surface area contributed by atoms with E-state index in [-0.39, 0.29) is 37.4 Å². The van der Waals surface area contributed by atoms with E-state index in [9.17, 15) is 24.0 Å². The third-order valence-corrected chi connectivity index (χ3v) is 6.07. The van der Waals surface area contributed by atoms with Gasteiger partial charge in [0.05, 0.1) is 13.0 Å². The van der Waals surface area contributed by atoms with Crippen LogP contribution in [0.5, 0.6) is 0 Å². The van der Waals surface area contributed by atoms with Gasteiger partial charge in [0.2, 0.25) is 17.7 Å². The second-order valence-electron chi connectivity index (χ2n) is 8.53. The molecule has 1 atom stereocenters. The maximum absolute atomic E-state index is 12.9. The lowest BCUT2D eigenvalue weighted by Gasteiger charge is -2.40. The van der Waals surface area contributed by atoms with Crippen molar-refractivity contribution in [2.24, 2.45) is 28.3 Å². The Morgan fingerprint density at radius 1 is 1.06 bits per heavy atom. The van der Waals surface area contributed by atoms with Gasteiger partial charge in [-0.15, -0.1) is 0 Å². The Bertz CT molecular complexity index is 805. The molecule has 184 valence electrons. The quantitative estimate of drug-likeness (QED) is 0.221. The van der Waals surface area contributed by atoms with Crippen molar-refractivity contribution in [1.82, 2.24) is 14.7 Å². The second kappa shape index (κ2) is 11.5. The summed E-state index contributed by atoms with van der Waals surface area (Å²) in [5.74, 6) is -3.88. The molecule has 1 aliphatic carbocycles. The molecule has 2 rings (SSSR count). The number of aliphatic imine (C=N–C) groups is 1. The zero-order valence-corrected chi connectivity index (χ0v) is 18.7. The monoisotopic (exact) mass is 468 g/mol. The number of aliphatic carboxylic acids is 2. The van der Waals surface area contributed by atoms with Crippen LogP contribution in [0.4, 0.5) is 0 Å². The average Bonchev–Trinajstić information content (AvgIpc) is 2.74. The summed E-state index contributed by atoms with van der Waals surface area (Å²) in [6.07, 6.45) is 2.23. The van der Waals surface area contributed by atoms with Crippen molar-refractivity contribution in [1.29, 1.82) is 0 Å². The average molecular weight is 469 g/mol. The van der Waals surface area contributed by atoms with Crippen molar-refractivity contribution in [2.45, 2.75) is 38.1 Å². The number of hydrogen-bond acceptors (Lipinski definition) is 6. The van der Waals surface area contributed by atoms with E-state index in [1.54, 1.807) is 0 Å². The predicted octanol–water partition coefficient (Wildman–Crippen LogP) is -1.88. The van der Waals surface area contributed by atoms with E-state index in [2.05, 4.69) is 4.99 Å². The largest absolute Gasteiger partial charge is 0.481 e. The Labute approximate surface area is 191 Å². The number of nitrogens with two attached hydrogens (primary N) is 2. The topological polar surface area (TPSA) is 200 Å². The van der Waals surface area contributed by atoms with Gasteiger partial charge in [0.25, 0.3) is 0 Å². The predicted molar refractivity (Wildman–Crippen MR) is 116 cm³/mol. The highest BCUT2D eigenvalue weighted by atomic mass is 16.4. The van der Waals surface area contributed by atoms with E-state index in [0.29, 0.717) is 25.3 Å². The fourth-order valence-electron chi connectivity index (χ4n) is 4.33. The van der Waals surface area contributed by atoms with Gasteiger partial charge < -0.3 is 36.4 Å². The summed E-state index contributed by atoms with van der Waals surface area (Å²) >= 11 is 0. The summed E-state index contributed by atoms with van der Waals surface area (Å²) in [6.45, 7) is -0.376. The number of amides is 3. The van der Waals surface area contributed by atoms with Crippen LogP contribution in [0.3, 0.4) is 0 Å². The lowest BCUT2D eigenvalue weighted by molar-refractivity contribution is -0.159. The SMILES string of the molecule is CN(CC(=O)N1CCN(CC(=O)O)C(=O)[C@@H]1CC(=O)O)C(=O)C1CCC(CN=C(N)N)CC1. The molecule has 1 aliphatic heterocycles. The van der Waals surface area contributed by atoms with Crippen molar-refractivity contribution in [3.63, 3.8) is 0 Å². The van der Waals surface area contributed by atoms with Crippen molar-refractivity contribution in [3.8, 4) is 0 Å². The number of carbonyl (C=O) groups is 5. The highest BCUT2D eigenvalue weighted by Crippen LogP contribution is 2.30. The molecule has 6 N–H and O–H groups in total. The smallest absolute Gasteiger partial charge is 0.323 e. The highest BCUT2D eigenvalue weighted by Gasteiger charge is 2.40. The third-order valence-electron chi connectivity index (χ3n) is 6.07. The van der Waals surface area contributed by atoms with E-state index in [4.69, 9.17) is 21.7 Å². The first-order chi connectivity index (χ1) is 15.5. The highest BCUT2D eigenvalue weighted by molar-refractivity contribution is 5.94. The van der Waals surface area contributed by atoms with Crippen LogP contribution in [0.1, 0.15) is 32.1 Å². The number of guanidine groups is 1. The first kappa shape index (κ1) is 25.9. The van der Waals surface area contributed by atoms with Crippen molar-refractivity contribution >= 4 is 35.6 Å². The van der Waals surface area contributed by atoms with Gasteiger partial charge in [-0.25, -0.2) is 0 Å². The molecule has 1 saturated carbocycles. The minimum atomic E-state index is -1.31. The molecule has 2 fully saturated rings. The number of carboxylic acids is 2. The van der Waals surface area contributed by atoms with E-state index in [0.717, 1.165) is 22.6 Å². The van der Waals surface area contributed by atoms with Crippen LogP contribution in [0.25, 0.3) is 0 Å². The zero-order chi connectivity index (χ0) is 24.7. The Kier molecular flexibility index (Phi) is 9.00. The second-order valence-corrected chi connectivity index (χ2v) is 8.53. The third kappa shape index (κ3) is 7.32. The minimum absolute atomic E-state index is 0.00622. The Hall–Kier alpha value is -3.38.